The highest BCUT2D eigenvalue weighted by Gasteiger charge is 2.40. The maximum atomic E-state index is 14.2. The van der Waals surface area contributed by atoms with Crippen LogP contribution in [0.25, 0.3) is 0 Å². The minimum absolute atomic E-state index is 0.0421. The molecule has 6 heteroatoms. The monoisotopic (exact) mass is 361 g/mol. The lowest BCUT2D eigenvalue weighted by molar-refractivity contribution is -0.125. The van der Waals surface area contributed by atoms with Crippen molar-refractivity contribution in [2.24, 2.45) is 0 Å². The summed E-state index contributed by atoms with van der Waals surface area (Å²) in [5.74, 6) is -3.35. The van der Waals surface area contributed by atoms with E-state index in [0.717, 1.165) is 12.8 Å². The lowest BCUT2D eigenvalue weighted by Gasteiger charge is -2.27. The van der Waals surface area contributed by atoms with Crippen molar-refractivity contribution < 1.29 is 18.7 Å². The summed E-state index contributed by atoms with van der Waals surface area (Å²) < 4.78 is 29.0. The zero-order valence-electron chi connectivity index (χ0n) is 11.5. The number of hydrogen-bond acceptors (Lipinski definition) is 2. The Kier molecular flexibility index (Phi) is 5.32. The second kappa shape index (κ2) is 6.83. The fourth-order valence-electron chi connectivity index (χ4n) is 2.53. The van der Waals surface area contributed by atoms with Crippen LogP contribution in [0.1, 0.15) is 37.7 Å². The summed E-state index contributed by atoms with van der Waals surface area (Å²) in [6.07, 6.45) is 0.592. The number of benzene rings is 1. The predicted octanol–water partition coefficient (Wildman–Crippen LogP) is 3.35. The lowest BCUT2D eigenvalue weighted by Crippen LogP contribution is -2.40. The largest absolute Gasteiger partial charge is 0.386 e. The van der Waals surface area contributed by atoms with Gasteiger partial charge in [-0.1, -0.05) is 28.1 Å². The molecular weight excluding hydrogens is 344 g/mol. The summed E-state index contributed by atoms with van der Waals surface area (Å²) >= 11 is 3.15. The van der Waals surface area contributed by atoms with E-state index in [2.05, 4.69) is 21.2 Å². The highest BCUT2D eigenvalue weighted by molar-refractivity contribution is 9.10. The molecular formula is C15H18BrF2NO2. The van der Waals surface area contributed by atoms with Crippen molar-refractivity contribution >= 4 is 21.8 Å². The van der Waals surface area contributed by atoms with Crippen LogP contribution in [0.15, 0.2) is 28.7 Å². The normalized spacial score (nSPS) is 21.0. The minimum atomic E-state index is -3.30. The molecule has 116 valence electrons. The van der Waals surface area contributed by atoms with Gasteiger partial charge in [-0.25, -0.2) is 0 Å². The summed E-state index contributed by atoms with van der Waals surface area (Å²) in [5.41, 5.74) is -0.211. The average molecular weight is 362 g/mol. The molecule has 0 unspecified atom stereocenters. The van der Waals surface area contributed by atoms with Gasteiger partial charge in [-0.15, -0.1) is 0 Å². The minimum Gasteiger partial charge on any atom is -0.386 e. The zero-order valence-corrected chi connectivity index (χ0v) is 13.1. The third-order valence-corrected chi connectivity index (χ3v) is 4.23. The van der Waals surface area contributed by atoms with Gasteiger partial charge in [-0.05, 0) is 37.8 Å². The fraction of sp³-hybridized carbons (Fsp3) is 0.533. The second-order valence-corrected chi connectivity index (χ2v) is 6.30. The van der Waals surface area contributed by atoms with E-state index in [4.69, 9.17) is 0 Å². The molecule has 1 saturated heterocycles. The molecule has 2 atom stereocenters. The van der Waals surface area contributed by atoms with E-state index >= 15 is 0 Å². The van der Waals surface area contributed by atoms with Gasteiger partial charge in [0.15, 0.2) is 0 Å². The molecule has 0 aromatic heterocycles. The van der Waals surface area contributed by atoms with E-state index in [1.807, 2.05) is 0 Å². The molecule has 1 amide bonds. The number of nitrogens with one attached hydrogen (secondary N) is 1. The number of piperidine rings is 1. The van der Waals surface area contributed by atoms with E-state index < -0.39 is 12.0 Å². The molecule has 0 bridgehead atoms. The van der Waals surface area contributed by atoms with Gasteiger partial charge in [-0.2, -0.15) is 8.78 Å². The number of aliphatic hydroxyl groups is 1. The fourth-order valence-corrected chi connectivity index (χ4v) is 2.93. The van der Waals surface area contributed by atoms with Gasteiger partial charge in [0.05, 0.1) is 0 Å². The lowest BCUT2D eigenvalue weighted by atomic mass is 9.94. The van der Waals surface area contributed by atoms with E-state index in [-0.39, 0.29) is 23.9 Å². The number of alkyl halides is 2. The van der Waals surface area contributed by atoms with Crippen molar-refractivity contribution in [1.82, 2.24) is 5.32 Å². The van der Waals surface area contributed by atoms with Crippen molar-refractivity contribution in [3.8, 4) is 0 Å². The van der Waals surface area contributed by atoms with Crippen molar-refractivity contribution in [3.05, 3.63) is 34.3 Å². The maximum Gasteiger partial charge on any atom is 0.298 e. The molecule has 1 aliphatic rings. The molecule has 21 heavy (non-hydrogen) atoms. The van der Waals surface area contributed by atoms with Crippen LogP contribution in [0.2, 0.25) is 0 Å². The number of aliphatic hydroxyl groups excluding tert-OH is 1. The van der Waals surface area contributed by atoms with Crippen LogP contribution < -0.4 is 5.32 Å². The van der Waals surface area contributed by atoms with Crippen LogP contribution >= 0.6 is 15.9 Å². The van der Waals surface area contributed by atoms with E-state index in [1.54, 1.807) is 6.07 Å². The molecule has 1 fully saturated rings. The molecule has 1 aliphatic heterocycles. The summed E-state index contributed by atoms with van der Waals surface area (Å²) in [4.78, 5) is 11.2. The first-order valence-electron chi connectivity index (χ1n) is 7.01. The van der Waals surface area contributed by atoms with Gasteiger partial charge in [-0.3, -0.25) is 4.79 Å². The van der Waals surface area contributed by atoms with Crippen LogP contribution in [0.5, 0.6) is 0 Å². The first-order valence-corrected chi connectivity index (χ1v) is 7.80. The van der Waals surface area contributed by atoms with Crippen molar-refractivity contribution in [3.63, 3.8) is 0 Å². The molecule has 0 radical (unpaired) electrons. The number of amides is 1. The van der Waals surface area contributed by atoms with Crippen molar-refractivity contribution in [2.45, 2.75) is 50.2 Å². The number of rotatable bonds is 5. The Morgan fingerprint density at radius 1 is 1.48 bits per heavy atom. The molecule has 0 aliphatic carbocycles. The Balaban J connectivity index is 1.95. The van der Waals surface area contributed by atoms with Gasteiger partial charge in [0.25, 0.3) is 5.92 Å². The third-order valence-electron chi connectivity index (χ3n) is 3.74. The molecule has 1 aromatic carbocycles. The maximum absolute atomic E-state index is 14.2. The topological polar surface area (TPSA) is 49.3 Å². The zero-order chi connectivity index (χ0) is 15.5. The number of carbonyl (C=O) groups excluding carboxylic acids is 1. The molecule has 1 heterocycles. The Morgan fingerprint density at radius 3 is 2.90 bits per heavy atom. The van der Waals surface area contributed by atoms with Gasteiger partial charge in [0.1, 0.15) is 6.10 Å². The molecule has 2 rings (SSSR count). The Labute approximate surface area is 130 Å². The smallest absolute Gasteiger partial charge is 0.298 e. The molecule has 3 nitrogen and oxygen atoms in total. The average Bonchev–Trinajstić information content (AvgIpc) is 2.44. The molecule has 2 N–H and O–H groups in total. The van der Waals surface area contributed by atoms with E-state index in [9.17, 15) is 18.7 Å². The van der Waals surface area contributed by atoms with E-state index in [0.29, 0.717) is 17.3 Å². The Bertz CT molecular complexity index is 510. The standard InChI is InChI=1S/C15H18BrF2NO2/c16-11-4-1-3-10(9-11)15(17,18)13(20)8-7-12-5-2-6-14(21)19-12/h1,3-4,9,12-13,20H,2,5-8H2,(H,19,21)/t12-,13-/m1/s1. The SMILES string of the molecule is O=C1CCC[C@H](CC[C@@H](O)C(F)(F)c2cccc(Br)c2)N1. The van der Waals surface area contributed by atoms with E-state index in [1.165, 1.54) is 18.2 Å². The quantitative estimate of drug-likeness (QED) is 0.844. The van der Waals surface area contributed by atoms with Gasteiger partial charge in [0.2, 0.25) is 5.91 Å². The first-order chi connectivity index (χ1) is 9.89. The molecule has 0 spiro atoms. The van der Waals surface area contributed by atoms with Gasteiger partial charge in [0, 0.05) is 22.5 Å². The van der Waals surface area contributed by atoms with Crippen LogP contribution in [-0.4, -0.2) is 23.2 Å². The highest BCUT2D eigenvalue weighted by atomic mass is 79.9. The number of hydrogen-bond donors (Lipinski definition) is 2. The van der Waals surface area contributed by atoms with Crippen LogP contribution in [0.3, 0.4) is 0 Å². The van der Waals surface area contributed by atoms with Crippen LogP contribution in [0.4, 0.5) is 8.78 Å². The predicted molar refractivity (Wildman–Crippen MR) is 79.1 cm³/mol. The van der Waals surface area contributed by atoms with Crippen LogP contribution in [0, 0.1) is 0 Å². The van der Waals surface area contributed by atoms with Crippen molar-refractivity contribution in [1.29, 1.82) is 0 Å². The van der Waals surface area contributed by atoms with Crippen LogP contribution in [-0.2, 0) is 10.7 Å². The highest BCUT2D eigenvalue weighted by Crippen LogP contribution is 2.35. The summed E-state index contributed by atoms with van der Waals surface area (Å²) in [6, 6.07) is 5.67. The molecule has 1 aromatic rings. The molecule has 0 saturated carbocycles. The number of carbonyl (C=O) groups is 1. The third kappa shape index (κ3) is 4.23. The van der Waals surface area contributed by atoms with Crippen molar-refractivity contribution in [2.75, 3.05) is 0 Å². The Morgan fingerprint density at radius 2 is 2.24 bits per heavy atom. The summed E-state index contributed by atoms with van der Waals surface area (Å²) in [6.45, 7) is 0. The first kappa shape index (κ1) is 16.4. The van der Waals surface area contributed by atoms with Gasteiger partial charge >= 0.3 is 0 Å². The number of halogens is 3. The Hall–Kier alpha value is -1.01. The van der Waals surface area contributed by atoms with Gasteiger partial charge < -0.3 is 10.4 Å². The summed E-state index contributed by atoms with van der Waals surface area (Å²) in [5, 5.41) is 12.6. The summed E-state index contributed by atoms with van der Waals surface area (Å²) in [7, 11) is 0. The second-order valence-electron chi connectivity index (χ2n) is 5.38.